The zero-order chi connectivity index (χ0) is 12.8. The molecule has 1 aromatic carbocycles. The monoisotopic (exact) mass is 247 g/mol. The Bertz CT molecular complexity index is 411. The smallest absolute Gasteiger partial charge is 0.170 e. The van der Waals surface area contributed by atoms with Crippen LogP contribution in [0.1, 0.15) is 43.2 Å². The van der Waals surface area contributed by atoms with Crippen molar-refractivity contribution < 1.29 is 5.21 Å². The van der Waals surface area contributed by atoms with E-state index in [4.69, 9.17) is 10.9 Å². The van der Waals surface area contributed by atoms with Crippen molar-refractivity contribution in [3.8, 4) is 0 Å². The zero-order valence-corrected chi connectivity index (χ0v) is 10.6. The van der Waals surface area contributed by atoms with Crippen LogP contribution in [0.25, 0.3) is 0 Å². The number of amidine groups is 1. The summed E-state index contributed by atoms with van der Waals surface area (Å²) in [7, 11) is 0. The van der Waals surface area contributed by atoms with Crippen molar-refractivity contribution in [2.75, 3.05) is 0 Å². The van der Waals surface area contributed by atoms with Crippen molar-refractivity contribution in [3.63, 3.8) is 0 Å². The zero-order valence-electron chi connectivity index (χ0n) is 10.6. The molecular formula is C14H21N3O. The number of oxime groups is 1. The Morgan fingerprint density at radius 2 is 2.00 bits per heavy atom. The summed E-state index contributed by atoms with van der Waals surface area (Å²) in [5, 5.41) is 15.4. The van der Waals surface area contributed by atoms with Crippen molar-refractivity contribution in [1.29, 1.82) is 0 Å². The van der Waals surface area contributed by atoms with Crippen LogP contribution in [-0.2, 0) is 6.54 Å². The third-order valence-electron chi connectivity index (χ3n) is 3.59. The number of rotatable bonds is 4. The van der Waals surface area contributed by atoms with Gasteiger partial charge >= 0.3 is 0 Å². The molecule has 0 aliphatic heterocycles. The van der Waals surface area contributed by atoms with Crippen molar-refractivity contribution in [2.24, 2.45) is 10.9 Å². The molecule has 4 N–H and O–H groups in total. The van der Waals surface area contributed by atoms with Gasteiger partial charge in [0.25, 0.3) is 0 Å². The highest BCUT2D eigenvalue weighted by molar-refractivity contribution is 5.98. The minimum absolute atomic E-state index is 0.177. The van der Waals surface area contributed by atoms with E-state index in [1.807, 2.05) is 24.3 Å². The molecule has 98 valence electrons. The average Bonchev–Trinajstić information content (AvgIpc) is 2.45. The highest BCUT2D eigenvalue weighted by Gasteiger charge is 2.13. The summed E-state index contributed by atoms with van der Waals surface area (Å²) < 4.78 is 0. The molecule has 0 unspecified atom stereocenters. The summed E-state index contributed by atoms with van der Waals surface area (Å²) in [6, 6.07) is 8.39. The molecule has 4 heteroatoms. The topological polar surface area (TPSA) is 70.6 Å². The first-order valence-corrected chi connectivity index (χ1v) is 6.60. The van der Waals surface area contributed by atoms with Gasteiger partial charge in [-0.15, -0.1) is 0 Å². The van der Waals surface area contributed by atoms with Gasteiger partial charge in [-0.25, -0.2) is 0 Å². The molecule has 1 fully saturated rings. The van der Waals surface area contributed by atoms with E-state index in [9.17, 15) is 0 Å². The predicted octanol–water partition coefficient (Wildman–Crippen LogP) is 2.20. The summed E-state index contributed by atoms with van der Waals surface area (Å²) in [5.74, 6) is 0.177. The number of nitrogens with zero attached hydrogens (tertiary/aromatic N) is 1. The van der Waals surface area contributed by atoms with Crippen LogP contribution in [0, 0.1) is 0 Å². The van der Waals surface area contributed by atoms with Crippen LogP contribution in [-0.4, -0.2) is 17.1 Å². The second kappa shape index (κ2) is 6.40. The van der Waals surface area contributed by atoms with E-state index in [1.165, 1.54) is 32.1 Å². The lowest BCUT2D eigenvalue weighted by molar-refractivity contribution is 0.318. The SMILES string of the molecule is NC(=NO)c1ccccc1CNC1CCCCC1. The highest BCUT2D eigenvalue weighted by atomic mass is 16.4. The van der Waals surface area contributed by atoms with Crippen LogP contribution in [0.3, 0.4) is 0 Å². The molecule has 18 heavy (non-hydrogen) atoms. The minimum atomic E-state index is 0.177. The normalized spacial score (nSPS) is 17.9. The quantitative estimate of drug-likeness (QED) is 0.330. The molecule has 4 nitrogen and oxygen atoms in total. The third kappa shape index (κ3) is 3.23. The lowest BCUT2D eigenvalue weighted by atomic mass is 9.95. The standard InChI is InChI=1S/C14H21N3O/c15-14(17-18)13-9-5-4-6-11(13)10-16-12-7-2-1-3-8-12/h4-6,9,12,16,18H,1-3,7-8,10H2,(H2,15,17). The Kier molecular flexibility index (Phi) is 4.59. The maximum absolute atomic E-state index is 8.77. The summed E-state index contributed by atoms with van der Waals surface area (Å²) in [6.45, 7) is 0.775. The molecule has 1 aliphatic rings. The summed E-state index contributed by atoms with van der Waals surface area (Å²) in [6.07, 6.45) is 6.51. The second-order valence-corrected chi connectivity index (χ2v) is 4.86. The van der Waals surface area contributed by atoms with E-state index < -0.39 is 0 Å². The van der Waals surface area contributed by atoms with E-state index in [1.54, 1.807) is 0 Å². The molecule has 1 saturated carbocycles. The fraction of sp³-hybridized carbons (Fsp3) is 0.500. The van der Waals surface area contributed by atoms with E-state index in [2.05, 4.69) is 10.5 Å². The first-order chi connectivity index (χ1) is 8.81. The van der Waals surface area contributed by atoms with Crippen molar-refractivity contribution in [3.05, 3.63) is 35.4 Å². The van der Waals surface area contributed by atoms with E-state index >= 15 is 0 Å². The van der Waals surface area contributed by atoms with Gasteiger partial charge in [0.15, 0.2) is 5.84 Å². The molecule has 0 aromatic heterocycles. The van der Waals surface area contributed by atoms with Crippen LogP contribution in [0.15, 0.2) is 29.4 Å². The number of nitrogens with two attached hydrogens (primary N) is 1. The Morgan fingerprint density at radius 3 is 2.72 bits per heavy atom. The first kappa shape index (κ1) is 12.9. The van der Waals surface area contributed by atoms with E-state index in [0.717, 1.165) is 17.7 Å². The lowest BCUT2D eigenvalue weighted by Crippen LogP contribution is -2.31. The molecule has 0 radical (unpaired) electrons. The van der Waals surface area contributed by atoms with Gasteiger partial charge in [0.1, 0.15) is 0 Å². The van der Waals surface area contributed by atoms with Gasteiger partial charge < -0.3 is 16.3 Å². The summed E-state index contributed by atoms with van der Waals surface area (Å²) in [4.78, 5) is 0. The Morgan fingerprint density at radius 1 is 1.28 bits per heavy atom. The molecule has 0 spiro atoms. The molecule has 0 amide bonds. The van der Waals surface area contributed by atoms with Gasteiger partial charge in [-0.3, -0.25) is 0 Å². The van der Waals surface area contributed by atoms with Crippen molar-refractivity contribution in [1.82, 2.24) is 5.32 Å². The molecule has 1 aliphatic carbocycles. The molecule has 0 bridgehead atoms. The number of hydrogen-bond acceptors (Lipinski definition) is 3. The minimum Gasteiger partial charge on any atom is -0.409 e. The summed E-state index contributed by atoms with van der Waals surface area (Å²) in [5.41, 5.74) is 7.57. The van der Waals surface area contributed by atoms with Crippen LogP contribution in [0.4, 0.5) is 0 Å². The maximum atomic E-state index is 8.77. The average molecular weight is 247 g/mol. The van der Waals surface area contributed by atoms with Crippen LogP contribution >= 0.6 is 0 Å². The van der Waals surface area contributed by atoms with Gasteiger partial charge in [0.05, 0.1) is 0 Å². The first-order valence-electron chi connectivity index (χ1n) is 6.60. The Labute approximate surface area is 108 Å². The summed E-state index contributed by atoms with van der Waals surface area (Å²) >= 11 is 0. The van der Waals surface area contributed by atoms with E-state index in [-0.39, 0.29) is 5.84 Å². The van der Waals surface area contributed by atoms with Crippen LogP contribution in [0.5, 0.6) is 0 Å². The molecular weight excluding hydrogens is 226 g/mol. The number of nitrogens with one attached hydrogen (secondary N) is 1. The lowest BCUT2D eigenvalue weighted by Gasteiger charge is -2.23. The van der Waals surface area contributed by atoms with Gasteiger partial charge in [-0.2, -0.15) is 0 Å². The molecule has 0 saturated heterocycles. The van der Waals surface area contributed by atoms with Crippen molar-refractivity contribution >= 4 is 5.84 Å². The largest absolute Gasteiger partial charge is 0.409 e. The van der Waals surface area contributed by atoms with Gasteiger partial charge in [-0.05, 0) is 18.4 Å². The Balaban J connectivity index is 2.00. The molecule has 1 aromatic rings. The second-order valence-electron chi connectivity index (χ2n) is 4.86. The highest BCUT2D eigenvalue weighted by Crippen LogP contribution is 2.18. The maximum Gasteiger partial charge on any atom is 0.170 e. The van der Waals surface area contributed by atoms with Crippen LogP contribution in [0.2, 0.25) is 0 Å². The van der Waals surface area contributed by atoms with Crippen LogP contribution < -0.4 is 11.1 Å². The molecule has 0 heterocycles. The fourth-order valence-electron chi connectivity index (χ4n) is 2.54. The molecule has 2 rings (SSSR count). The molecule has 0 atom stereocenters. The van der Waals surface area contributed by atoms with Crippen molar-refractivity contribution in [2.45, 2.75) is 44.7 Å². The Hall–Kier alpha value is -1.55. The van der Waals surface area contributed by atoms with Gasteiger partial charge in [0, 0.05) is 18.2 Å². The number of benzene rings is 1. The number of hydrogen-bond donors (Lipinski definition) is 3. The predicted molar refractivity (Wildman–Crippen MR) is 72.7 cm³/mol. The van der Waals surface area contributed by atoms with Gasteiger partial charge in [-0.1, -0.05) is 48.7 Å². The fourth-order valence-corrected chi connectivity index (χ4v) is 2.54. The van der Waals surface area contributed by atoms with Gasteiger partial charge in [0.2, 0.25) is 0 Å². The third-order valence-corrected chi connectivity index (χ3v) is 3.59. The van der Waals surface area contributed by atoms with E-state index in [0.29, 0.717) is 6.04 Å².